The molecule has 6 aliphatic carbocycles. The minimum atomic E-state index is -0.995. The van der Waals surface area contributed by atoms with Crippen molar-refractivity contribution in [1.29, 1.82) is 0 Å². The number of aryl methyl sites for hydroxylation is 2. The Balaban J connectivity index is 0.573. The Bertz CT molecular complexity index is 2390. The van der Waals surface area contributed by atoms with Crippen LogP contribution in [0.15, 0.2) is 84.9 Å². The summed E-state index contributed by atoms with van der Waals surface area (Å²) in [6, 6.07) is 27.6. The number of rotatable bonds is 14. The lowest BCUT2D eigenvalue weighted by molar-refractivity contribution is -0.0648. The number of hydrogen-bond acceptors (Lipinski definition) is 8. The zero-order valence-corrected chi connectivity index (χ0v) is 40.8. The molecule has 4 fully saturated rings. The van der Waals surface area contributed by atoms with Gasteiger partial charge in [0.2, 0.25) is 0 Å². The molecule has 0 radical (unpaired) electrons. The Morgan fingerprint density at radius 2 is 0.899 bits per heavy atom. The maximum absolute atomic E-state index is 12.0. The predicted molar refractivity (Wildman–Crippen MR) is 268 cm³/mol. The van der Waals surface area contributed by atoms with E-state index in [1.165, 1.54) is 22.3 Å². The van der Waals surface area contributed by atoms with E-state index < -0.39 is 11.2 Å². The van der Waals surface area contributed by atoms with E-state index in [0.29, 0.717) is 86.6 Å². The third kappa shape index (κ3) is 9.52. The van der Waals surface area contributed by atoms with Crippen molar-refractivity contribution in [2.24, 2.45) is 34.5 Å². The maximum Gasteiger partial charge on any atom is 0.131 e. The van der Waals surface area contributed by atoms with E-state index in [-0.39, 0.29) is 10.8 Å². The molecule has 0 spiro atoms. The van der Waals surface area contributed by atoms with Gasteiger partial charge < -0.3 is 39.4 Å². The number of fused-ring (bicyclic) bond motifs is 10. The van der Waals surface area contributed by atoms with Crippen LogP contribution in [0.1, 0.15) is 143 Å². The summed E-state index contributed by atoms with van der Waals surface area (Å²) >= 11 is 0. The average Bonchev–Trinajstić information content (AvgIpc) is 3.79. The van der Waals surface area contributed by atoms with Crippen LogP contribution in [0.3, 0.4) is 0 Å². The fraction of sp³-hybridized carbons (Fsp3) is 0.541. The summed E-state index contributed by atoms with van der Waals surface area (Å²) in [6.45, 7) is 8.24. The number of benzene rings is 4. The van der Waals surface area contributed by atoms with Gasteiger partial charge in [0.25, 0.3) is 0 Å². The summed E-state index contributed by atoms with van der Waals surface area (Å²) in [4.78, 5) is 0. The lowest BCUT2D eigenvalue weighted by Crippen LogP contribution is -2.50. The van der Waals surface area contributed by atoms with E-state index in [1.807, 2.05) is 72.8 Å². The van der Waals surface area contributed by atoms with Crippen LogP contribution < -0.4 is 9.47 Å². The van der Waals surface area contributed by atoms with E-state index in [0.717, 1.165) is 119 Å². The molecule has 8 nitrogen and oxygen atoms in total. The second-order valence-corrected chi connectivity index (χ2v) is 21.8. The van der Waals surface area contributed by atoms with E-state index in [1.54, 1.807) is 0 Å². The van der Waals surface area contributed by atoms with Crippen molar-refractivity contribution in [2.45, 2.75) is 133 Å². The van der Waals surface area contributed by atoms with Gasteiger partial charge in [0.05, 0.1) is 13.2 Å². The van der Waals surface area contributed by atoms with Gasteiger partial charge in [-0.3, -0.25) is 0 Å². The van der Waals surface area contributed by atoms with Crippen LogP contribution >= 0.6 is 0 Å². The van der Waals surface area contributed by atoms with Crippen molar-refractivity contribution < 1.29 is 39.4 Å². The van der Waals surface area contributed by atoms with Crippen molar-refractivity contribution in [1.82, 2.24) is 0 Å². The lowest BCUT2D eigenvalue weighted by Gasteiger charge is -2.52. The highest BCUT2D eigenvalue weighted by Gasteiger charge is 2.62. The molecule has 69 heavy (non-hydrogen) atoms. The second-order valence-electron chi connectivity index (χ2n) is 21.8. The molecule has 0 aliphatic heterocycles. The SMILES string of the molecule is C[C@]12CC[C@@H]3c4ccc(O)cc4CC[C@H]3[C@@H]1CC[C@@]2(O)C#Cc1ccc(OCCCOCCCOCCCOc2ccc(C#C[C@]3(O)CC[C@H]4[C@@H]5CCc6cc(O)ccc6[C@H]5CC[C@@]43C)cc2)cc1. The normalized spacial score (nSPS) is 31.5. The molecule has 4 aromatic rings. The number of ether oxygens (including phenoxy) is 4. The van der Waals surface area contributed by atoms with Crippen LogP contribution in [0, 0.1) is 58.2 Å². The molecule has 0 saturated heterocycles. The van der Waals surface area contributed by atoms with E-state index in [9.17, 15) is 20.4 Å². The highest BCUT2D eigenvalue weighted by Crippen LogP contribution is 2.65. The molecule has 0 bridgehead atoms. The van der Waals surface area contributed by atoms with Gasteiger partial charge in [0.15, 0.2) is 0 Å². The minimum absolute atomic E-state index is 0.220. The highest BCUT2D eigenvalue weighted by atomic mass is 16.5. The summed E-state index contributed by atoms with van der Waals surface area (Å²) in [5.41, 5.74) is 4.75. The number of phenolic OH excluding ortho intramolecular Hbond substituents is 2. The van der Waals surface area contributed by atoms with Crippen molar-refractivity contribution in [3.63, 3.8) is 0 Å². The van der Waals surface area contributed by atoms with Crippen molar-refractivity contribution in [3.05, 3.63) is 118 Å². The molecule has 4 N–H and O–H groups in total. The predicted octanol–water partition coefficient (Wildman–Crippen LogP) is 11.0. The number of aromatic hydroxyl groups is 2. The summed E-state index contributed by atoms with van der Waals surface area (Å²) in [5.74, 6) is 18.7. The summed E-state index contributed by atoms with van der Waals surface area (Å²) in [5, 5.41) is 44.1. The van der Waals surface area contributed by atoms with E-state index in [2.05, 4.69) is 49.7 Å². The van der Waals surface area contributed by atoms with Gasteiger partial charge in [0, 0.05) is 61.2 Å². The van der Waals surface area contributed by atoms with Gasteiger partial charge in [-0.15, -0.1) is 0 Å². The number of aliphatic hydroxyl groups is 2. The zero-order chi connectivity index (χ0) is 47.6. The molecule has 364 valence electrons. The molecule has 10 rings (SSSR count). The molecule has 8 heteroatoms. The van der Waals surface area contributed by atoms with Gasteiger partial charge in [-0.25, -0.2) is 0 Å². The molecular formula is C61H72O8. The molecule has 4 aromatic carbocycles. The van der Waals surface area contributed by atoms with Gasteiger partial charge in [-0.05, 0) is 214 Å². The van der Waals surface area contributed by atoms with Gasteiger partial charge in [-0.2, -0.15) is 0 Å². The molecule has 0 amide bonds. The molecule has 4 saturated carbocycles. The topological polar surface area (TPSA) is 118 Å². The van der Waals surface area contributed by atoms with Crippen LogP contribution in [0.4, 0.5) is 0 Å². The fourth-order valence-corrected chi connectivity index (χ4v) is 14.4. The van der Waals surface area contributed by atoms with E-state index in [4.69, 9.17) is 18.9 Å². The third-order valence-corrected chi connectivity index (χ3v) is 18.2. The van der Waals surface area contributed by atoms with Gasteiger partial charge >= 0.3 is 0 Å². The van der Waals surface area contributed by atoms with Crippen molar-refractivity contribution in [2.75, 3.05) is 39.6 Å². The van der Waals surface area contributed by atoms with E-state index >= 15 is 0 Å². The van der Waals surface area contributed by atoms with Gasteiger partial charge in [-0.1, -0.05) is 49.7 Å². The minimum Gasteiger partial charge on any atom is -0.508 e. The van der Waals surface area contributed by atoms with Crippen LogP contribution in [0.25, 0.3) is 0 Å². The third-order valence-electron chi connectivity index (χ3n) is 18.2. The first-order valence-electron chi connectivity index (χ1n) is 26.2. The lowest BCUT2D eigenvalue weighted by atomic mass is 9.53. The Kier molecular flexibility index (Phi) is 13.9. The Morgan fingerprint density at radius 3 is 1.32 bits per heavy atom. The standard InChI is InChI=1S/C61H72O8/c1-58-28-24-52-50-20-12-46(62)40-44(50)10-18-54(52)56(58)26-32-60(58,64)30-22-42-6-14-48(15-7-42)68-38-4-36-66-34-3-35-67-37-5-39-69-49-16-8-43(9-17-49)23-31-61(65)33-27-57-55-19-11-45-41-47(63)13-21-51(45)53(55)25-29-59(57,61)2/h6-9,12-17,20-21,40-41,52-57,62-65H,3-5,10-11,18-19,24-29,32-39H2,1-2H3/t52-,53-,54-,55-,56+,57+,58+,59+,60+,61+/m1/s1. The van der Waals surface area contributed by atoms with Gasteiger partial charge in [0.1, 0.15) is 34.2 Å². The summed E-state index contributed by atoms with van der Waals surface area (Å²) < 4.78 is 23.6. The Labute approximate surface area is 410 Å². The molecule has 0 unspecified atom stereocenters. The highest BCUT2D eigenvalue weighted by molar-refractivity contribution is 5.45. The Morgan fingerprint density at radius 1 is 0.493 bits per heavy atom. The average molecular weight is 933 g/mol. The second kappa shape index (κ2) is 20.0. The number of phenols is 2. The quantitative estimate of drug-likeness (QED) is 0.0730. The summed E-state index contributed by atoms with van der Waals surface area (Å²) in [7, 11) is 0. The molecule has 6 aliphatic rings. The maximum atomic E-state index is 12.0. The first kappa shape index (κ1) is 47.7. The molecule has 0 heterocycles. The first-order chi connectivity index (χ1) is 33.5. The van der Waals surface area contributed by atoms with Crippen LogP contribution in [-0.2, 0) is 22.3 Å². The first-order valence-corrected chi connectivity index (χ1v) is 26.2. The van der Waals surface area contributed by atoms with Crippen molar-refractivity contribution in [3.8, 4) is 46.7 Å². The fourth-order valence-electron chi connectivity index (χ4n) is 14.4. The Hall–Kier alpha value is -4.96. The number of hydrogen-bond donors (Lipinski definition) is 4. The molecule has 0 aromatic heterocycles. The largest absolute Gasteiger partial charge is 0.508 e. The zero-order valence-electron chi connectivity index (χ0n) is 40.8. The van der Waals surface area contributed by atoms with Crippen LogP contribution in [-0.4, -0.2) is 71.3 Å². The molecule has 10 atom stereocenters. The van der Waals surface area contributed by atoms with Crippen molar-refractivity contribution >= 4 is 0 Å². The molecular weight excluding hydrogens is 861 g/mol. The smallest absolute Gasteiger partial charge is 0.131 e. The monoisotopic (exact) mass is 933 g/mol. The van der Waals surface area contributed by atoms with Crippen LogP contribution in [0.5, 0.6) is 23.0 Å². The summed E-state index contributed by atoms with van der Waals surface area (Å²) in [6.07, 6.45) is 14.1. The van der Waals surface area contributed by atoms with Crippen LogP contribution in [0.2, 0.25) is 0 Å².